The van der Waals surface area contributed by atoms with E-state index in [0.717, 1.165) is 30.3 Å². The van der Waals surface area contributed by atoms with Crippen molar-refractivity contribution in [3.63, 3.8) is 0 Å². The molecule has 0 radical (unpaired) electrons. The van der Waals surface area contributed by atoms with Gasteiger partial charge in [-0.25, -0.2) is 9.78 Å². The van der Waals surface area contributed by atoms with Gasteiger partial charge in [0.15, 0.2) is 0 Å². The predicted molar refractivity (Wildman–Crippen MR) is 70.4 cm³/mol. The molecule has 0 bridgehead atoms. The summed E-state index contributed by atoms with van der Waals surface area (Å²) in [6.45, 7) is 0. The molecule has 0 saturated heterocycles. The Morgan fingerprint density at radius 2 is 2.32 bits per heavy atom. The minimum absolute atomic E-state index is 0.296. The van der Waals surface area contributed by atoms with Crippen LogP contribution in [0.15, 0.2) is 24.5 Å². The topological polar surface area (TPSA) is 64.4 Å². The van der Waals surface area contributed by atoms with E-state index in [2.05, 4.69) is 9.55 Å². The van der Waals surface area contributed by atoms with Crippen molar-refractivity contribution in [1.29, 1.82) is 0 Å². The molecule has 1 heterocycles. The number of rotatable bonds is 3. The van der Waals surface area contributed by atoms with Gasteiger partial charge in [-0.05, 0) is 37.5 Å². The molecule has 2 atom stereocenters. The first-order valence-electron chi connectivity index (χ1n) is 6.41. The third kappa shape index (κ3) is 2.10. The van der Waals surface area contributed by atoms with E-state index < -0.39 is 5.97 Å². The van der Waals surface area contributed by atoms with Gasteiger partial charge in [-0.3, -0.25) is 0 Å². The Morgan fingerprint density at radius 3 is 3.00 bits per heavy atom. The molecular weight excluding hydrogens is 244 g/mol. The average Bonchev–Trinajstić information content (AvgIpc) is 3.03. The number of benzene rings is 1. The van der Waals surface area contributed by atoms with Gasteiger partial charge in [0.05, 0.1) is 29.0 Å². The number of nitrogens with zero attached hydrogens (tertiary/aromatic N) is 2. The van der Waals surface area contributed by atoms with Crippen molar-refractivity contribution in [1.82, 2.24) is 9.55 Å². The third-order valence-corrected chi connectivity index (χ3v) is 3.91. The maximum absolute atomic E-state index is 11.0. The van der Waals surface area contributed by atoms with Gasteiger partial charge in [-0.15, -0.1) is 0 Å². The van der Waals surface area contributed by atoms with Crippen molar-refractivity contribution in [2.45, 2.75) is 31.4 Å². The van der Waals surface area contributed by atoms with Crippen LogP contribution < -0.4 is 0 Å². The molecule has 2 aromatic rings. The van der Waals surface area contributed by atoms with Gasteiger partial charge in [-0.2, -0.15) is 0 Å². The molecule has 1 fully saturated rings. The largest absolute Gasteiger partial charge is 0.478 e. The Labute approximate surface area is 110 Å². The summed E-state index contributed by atoms with van der Waals surface area (Å²) in [6.07, 6.45) is 5.14. The highest BCUT2D eigenvalue weighted by Crippen LogP contribution is 2.33. The van der Waals surface area contributed by atoms with Crippen LogP contribution in [0.25, 0.3) is 11.0 Å². The second kappa shape index (κ2) is 4.66. The molecule has 1 saturated carbocycles. The van der Waals surface area contributed by atoms with Crippen LogP contribution in [-0.4, -0.2) is 33.8 Å². The van der Waals surface area contributed by atoms with Gasteiger partial charge in [0.2, 0.25) is 0 Å². The van der Waals surface area contributed by atoms with E-state index in [1.165, 1.54) is 0 Å². The second-order valence-corrected chi connectivity index (χ2v) is 4.99. The molecule has 19 heavy (non-hydrogen) atoms. The van der Waals surface area contributed by atoms with Crippen LogP contribution in [0.1, 0.15) is 35.7 Å². The normalized spacial score (nSPS) is 23.0. The van der Waals surface area contributed by atoms with Gasteiger partial charge in [0.25, 0.3) is 0 Å². The lowest BCUT2D eigenvalue weighted by molar-refractivity contribution is 0.0697. The van der Waals surface area contributed by atoms with Crippen LogP contribution in [-0.2, 0) is 4.74 Å². The summed E-state index contributed by atoms with van der Waals surface area (Å²) >= 11 is 0. The number of hydrogen-bond acceptors (Lipinski definition) is 3. The number of fused-ring (bicyclic) bond motifs is 1. The van der Waals surface area contributed by atoms with E-state index in [1.54, 1.807) is 31.6 Å². The van der Waals surface area contributed by atoms with Crippen molar-refractivity contribution < 1.29 is 14.6 Å². The third-order valence-electron chi connectivity index (χ3n) is 3.91. The molecule has 5 heteroatoms. The molecule has 1 aliphatic carbocycles. The van der Waals surface area contributed by atoms with Crippen LogP contribution in [0.5, 0.6) is 0 Å². The van der Waals surface area contributed by atoms with Crippen LogP contribution in [0.3, 0.4) is 0 Å². The number of imidazole rings is 1. The van der Waals surface area contributed by atoms with Crippen LogP contribution in [0.2, 0.25) is 0 Å². The number of hydrogen-bond donors (Lipinski definition) is 1. The lowest BCUT2D eigenvalue weighted by Crippen LogP contribution is -2.08. The Bertz CT molecular complexity index is 620. The fraction of sp³-hybridized carbons (Fsp3) is 0.429. The number of carbonyl (C=O) groups is 1. The van der Waals surface area contributed by atoms with Gasteiger partial charge in [0.1, 0.15) is 0 Å². The number of aromatic nitrogens is 2. The van der Waals surface area contributed by atoms with E-state index in [4.69, 9.17) is 9.84 Å². The molecule has 0 amide bonds. The zero-order valence-corrected chi connectivity index (χ0v) is 10.7. The zero-order valence-electron chi connectivity index (χ0n) is 10.7. The highest BCUT2D eigenvalue weighted by Gasteiger charge is 2.26. The van der Waals surface area contributed by atoms with Crippen molar-refractivity contribution in [3.05, 3.63) is 30.1 Å². The lowest BCUT2D eigenvalue weighted by atomic mass is 10.2. The molecule has 5 nitrogen and oxygen atoms in total. The van der Waals surface area contributed by atoms with Crippen molar-refractivity contribution in [2.75, 3.05) is 7.11 Å². The minimum atomic E-state index is -0.907. The monoisotopic (exact) mass is 260 g/mol. The number of aromatic carboxylic acids is 1. The van der Waals surface area contributed by atoms with E-state index >= 15 is 0 Å². The molecule has 0 spiro atoms. The van der Waals surface area contributed by atoms with Crippen molar-refractivity contribution in [3.8, 4) is 0 Å². The molecular formula is C14H16N2O3. The fourth-order valence-corrected chi connectivity index (χ4v) is 2.83. The summed E-state index contributed by atoms with van der Waals surface area (Å²) < 4.78 is 7.47. The molecule has 3 rings (SSSR count). The Hall–Kier alpha value is -1.88. The summed E-state index contributed by atoms with van der Waals surface area (Å²) in [4.78, 5) is 15.4. The highest BCUT2D eigenvalue weighted by molar-refractivity contribution is 5.92. The van der Waals surface area contributed by atoms with E-state index in [9.17, 15) is 4.79 Å². The smallest absolute Gasteiger partial charge is 0.335 e. The number of carboxylic acid groups (broad SMARTS) is 1. The average molecular weight is 260 g/mol. The first-order valence-corrected chi connectivity index (χ1v) is 6.41. The maximum atomic E-state index is 11.0. The SMILES string of the molecule is COC1CCC(n2cnc3ccc(C(=O)O)cc32)C1. The maximum Gasteiger partial charge on any atom is 0.335 e. The molecule has 100 valence electrons. The highest BCUT2D eigenvalue weighted by atomic mass is 16.5. The van der Waals surface area contributed by atoms with E-state index in [1.807, 2.05) is 0 Å². The molecule has 1 aliphatic rings. The number of carboxylic acids is 1. The van der Waals surface area contributed by atoms with Crippen LogP contribution >= 0.6 is 0 Å². The molecule has 2 unspecified atom stereocenters. The summed E-state index contributed by atoms with van der Waals surface area (Å²) in [6, 6.07) is 5.40. The minimum Gasteiger partial charge on any atom is -0.478 e. The summed E-state index contributed by atoms with van der Waals surface area (Å²) in [5.41, 5.74) is 2.03. The Balaban J connectivity index is 1.99. The first-order chi connectivity index (χ1) is 9.19. The summed E-state index contributed by atoms with van der Waals surface area (Å²) in [7, 11) is 1.74. The molecule has 1 N–H and O–H groups in total. The van der Waals surface area contributed by atoms with Crippen molar-refractivity contribution in [2.24, 2.45) is 0 Å². The lowest BCUT2D eigenvalue weighted by Gasteiger charge is -2.13. The Morgan fingerprint density at radius 1 is 1.47 bits per heavy atom. The van der Waals surface area contributed by atoms with Crippen LogP contribution in [0, 0.1) is 0 Å². The second-order valence-electron chi connectivity index (χ2n) is 4.99. The molecule has 0 aliphatic heterocycles. The summed E-state index contributed by atoms with van der Waals surface area (Å²) in [5.74, 6) is -0.907. The number of ether oxygens (including phenoxy) is 1. The van der Waals surface area contributed by atoms with E-state index in [0.29, 0.717) is 17.7 Å². The summed E-state index contributed by atoms with van der Waals surface area (Å²) in [5, 5.41) is 9.07. The predicted octanol–water partition coefficient (Wildman–Crippen LogP) is 2.47. The first kappa shape index (κ1) is 12.2. The van der Waals surface area contributed by atoms with Crippen molar-refractivity contribution >= 4 is 17.0 Å². The Kier molecular flexibility index (Phi) is 2.98. The van der Waals surface area contributed by atoms with Gasteiger partial charge in [0, 0.05) is 13.2 Å². The molecule has 1 aromatic carbocycles. The van der Waals surface area contributed by atoms with Gasteiger partial charge in [-0.1, -0.05) is 0 Å². The van der Waals surface area contributed by atoms with E-state index in [-0.39, 0.29) is 0 Å². The fourth-order valence-electron chi connectivity index (χ4n) is 2.83. The molecule has 1 aromatic heterocycles. The van der Waals surface area contributed by atoms with Gasteiger partial charge < -0.3 is 14.4 Å². The zero-order chi connectivity index (χ0) is 13.4. The number of methoxy groups -OCH3 is 1. The van der Waals surface area contributed by atoms with Gasteiger partial charge >= 0.3 is 5.97 Å². The standard InChI is InChI=1S/C14H16N2O3/c1-19-11-4-3-10(7-11)16-8-15-12-5-2-9(14(17)18)6-13(12)16/h2,5-6,8,10-11H,3-4,7H2,1H3,(H,17,18). The van der Waals surface area contributed by atoms with Crippen LogP contribution in [0.4, 0.5) is 0 Å². The quantitative estimate of drug-likeness (QED) is 0.920.